The van der Waals surface area contributed by atoms with Gasteiger partial charge in [0.15, 0.2) is 8.24 Å². The maximum absolute atomic E-state index is 7.95. The van der Waals surface area contributed by atoms with Gasteiger partial charge in [-0.3, -0.25) is 0 Å². The first kappa shape index (κ1) is 25.6. The molecule has 0 saturated carbocycles. The van der Waals surface area contributed by atoms with Gasteiger partial charge in [-0.25, -0.2) is 0 Å². The average molecular weight is 477 g/mol. The molecule has 0 aliphatic rings. The fourth-order valence-corrected chi connectivity index (χ4v) is 41.3. The van der Waals surface area contributed by atoms with E-state index in [2.05, 4.69) is 113 Å². The molecular formula is C19H42ClN2PSi4. The molecule has 2 nitrogen and oxygen atoms in total. The van der Waals surface area contributed by atoms with Crippen LogP contribution in [0.4, 0.5) is 0 Å². The first-order valence-corrected chi connectivity index (χ1v) is 26.6. The van der Waals surface area contributed by atoms with Gasteiger partial charge in [-0.2, -0.15) is 0 Å². The topological polar surface area (TPSA) is 15.6 Å². The van der Waals surface area contributed by atoms with Crippen molar-refractivity contribution in [1.82, 2.24) is 4.00 Å². The van der Waals surface area contributed by atoms with E-state index < -0.39 is 39.3 Å². The van der Waals surface area contributed by atoms with Gasteiger partial charge in [0.25, 0.3) is 0 Å². The Morgan fingerprint density at radius 1 is 0.778 bits per heavy atom. The van der Waals surface area contributed by atoms with Gasteiger partial charge in [0, 0.05) is 5.28 Å². The maximum atomic E-state index is 7.95. The summed E-state index contributed by atoms with van der Waals surface area (Å²) in [6.07, 6.45) is 0. The molecule has 2 atom stereocenters. The van der Waals surface area contributed by atoms with Crippen molar-refractivity contribution in [2.24, 2.45) is 4.41 Å². The first-order chi connectivity index (χ1) is 11.8. The lowest BCUT2D eigenvalue weighted by Crippen LogP contribution is -2.57. The van der Waals surface area contributed by atoms with Gasteiger partial charge >= 0.3 is 0 Å². The van der Waals surface area contributed by atoms with E-state index in [1.54, 1.807) is 0 Å². The third-order valence-corrected chi connectivity index (χ3v) is 29.6. The zero-order valence-electron chi connectivity index (χ0n) is 19.7. The Labute approximate surface area is 178 Å². The zero-order chi connectivity index (χ0) is 21.5. The largest absolute Gasteiger partial charge is 0.313 e. The van der Waals surface area contributed by atoms with Crippen molar-refractivity contribution in [2.45, 2.75) is 83.8 Å². The summed E-state index contributed by atoms with van der Waals surface area (Å²) in [5, 5.41) is 0.373. The Morgan fingerprint density at radius 3 is 1.48 bits per heavy atom. The molecule has 1 aromatic rings. The van der Waals surface area contributed by atoms with Gasteiger partial charge in [-0.05, 0) is 25.2 Å². The van der Waals surface area contributed by atoms with E-state index in [0.29, 0.717) is 5.28 Å². The molecule has 0 radical (unpaired) electrons. The smallest absolute Gasteiger partial charge is 0.173 e. The summed E-state index contributed by atoms with van der Waals surface area (Å²) >= 11 is 7.95. The molecule has 27 heavy (non-hydrogen) atoms. The van der Waals surface area contributed by atoms with Crippen LogP contribution in [0.1, 0.15) is 10.8 Å². The fourth-order valence-electron chi connectivity index (χ4n) is 4.30. The summed E-state index contributed by atoms with van der Waals surface area (Å²) < 4.78 is 8.53. The minimum atomic E-state index is -2.22. The number of halogens is 1. The van der Waals surface area contributed by atoms with Crippen molar-refractivity contribution in [2.75, 3.05) is 0 Å². The van der Waals surface area contributed by atoms with E-state index in [1.807, 2.05) is 0 Å². The standard InChI is InChI=1S/C19H42ClN2PSi4/c1-24(2,3)19(18-16-14-13-15-17-18)23(20,21-25(4,5)6)22(26(7,8)9)27(10,11)12/h13-17,19H,1-12H3. The van der Waals surface area contributed by atoms with E-state index >= 15 is 0 Å². The highest BCUT2D eigenvalue weighted by Gasteiger charge is 2.51. The Morgan fingerprint density at radius 2 is 1.19 bits per heavy atom. The number of hydrogen-bond donors (Lipinski definition) is 0. The fraction of sp³-hybridized carbons (Fsp3) is 0.684. The lowest BCUT2D eigenvalue weighted by atomic mass is 10.2. The van der Waals surface area contributed by atoms with Crippen LogP contribution in [0.3, 0.4) is 0 Å². The van der Waals surface area contributed by atoms with Gasteiger partial charge in [-0.1, -0.05) is 100 Å². The van der Waals surface area contributed by atoms with Gasteiger partial charge in [0.1, 0.15) is 23.0 Å². The Bertz CT molecular complexity index is 669. The van der Waals surface area contributed by atoms with E-state index in [0.717, 1.165) is 0 Å². The molecule has 0 spiro atoms. The minimum absolute atomic E-state index is 0.373. The van der Waals surface area contributed by atoms with Crippen LogP contribution >= 0.6 is 17.8 Å². The predicted octanol–water partition coefficient (Wildman–Crippen LogP) is 8.68. The second-order valence-electron chi connectivity index (χ2n) is 11.7. The monoisotopic (exact) mass is 476 g/mol. The first-order valence-electron chi connectivity index (χ1n) is 9.99. The van der Waals surface area contributed by atoms with Crippen LogP contribution in [-0.4, -0.2) is 36.8 Å². The van der Waals surface area contributed by atoms with Crippen LogP contribution in [0.25, 0.3) is 0 Å². The number of hydrogen-bond acceptors (Lipinski definition) is 1. The van der Waals surface area contributed by atoms with Crippen LogP contribution < -0.4 is 0 Å². The van der Waals surface area contributed by atoms with Crippen LogP contribution in [0.5, 0.6) is 0 Å². The molecule has 0 heterocycles. The molecule has 0 bridgehead atoms. The van der Waals surface area contributed by atoms with E-state index in [-0.39, 0.29) is 0 Å². The lowest BCUT2D eigenvalue weighted by molar-refractivity contribution is 0.949. The minimum Gasteiger partial charge on any atom is -0.313 e. The molecule has 1 rings (SSSR count). The number of nitrogens with zero attached hydrogens (tertiary/aromatic N) is 2. The van der Waals surface area contributed by atoms with Gasteiger partial charge in [0.05, 0.1) is 8.07 Å². The third kappa shape index (κ3) is 6.80. The molecular weight excluding hydrogens is 435 g/mol. The number of rotatable bonds is 7. The average Bonchev–Trinajstić information content (AvgIpc) is 2.30. The van der Waals surface area contributed by atoms with Crippen LogP contribution in [0.15, 0.2) is 34.7 Å². The van der Waals surface area contributed by atoms with Crippen molar-refractivity contribution in [3.8, 4) is 0 Å². The summed E-state index contributed by atoms with van der Waals surface area (Å²) in [4.78, 5) is 0. The maximum Gasteiger partial charge on any atom is 0.173 e. The summed E-state index contributed by atoms with van der Waals surface area (Å²) in [7, 11) is -6.69. The number of benzene rings is 1. The van der Waals surface area contributed by atoms with Crippen LogP contribution in [-0.2, 0) is 0 Å². The van der Waals surface area contributed by atoms with Crippen LogP contribution in [0, 0.1) is 0 Å². The third-order valence-electron chi connectivity index (χ3n) is 4.26. The summed E-state index contributed by atoms with van der Waals surface area (Å²) in [5.41, 5.74) is 1.41. The summed E-state index contributed by atoms with van der Waals surface area (Å²) in [6, 6.07) is 11.1. The molecule has 8 heteroatoms. The van der Waals surface area contributed by atoms with E-state index in [4.69, 9.17) is 15.7 Å². The molecule has 0 saturated heterocycles. The van der Waals surface area contributed by atoms with E-state index in [1.165, 1.54) is 5.56 Å². The predicted molar refractivity (Wildman–Crippen MR) is 140 cm³/mol. The van der Waals surface area contributed by atoms with Crippen molar-refractivity contribution in [3.05, 3.63) is 35.9 Å². The van der Waals surface area contributed by atoms with Gasteiger partial charge in [0.2, 0.25) is 0 Å². The van der Waals surface area contributed by atoms with Crippen LogP contribution in [0.2, 0.25) is 78.6 Å². The highest BCUT2D eigenvalue weighted by Crippen LogP contribution is 2.74. The molecule has 0 aliphatic heterocycles. The molecule has 0 N–H and O–H groups in total. The molecule has 0 aliphatic carbocycles. The second kappa shape index (κ2) is 8.36. The van der Waals surface area contributed by atoms with Crippen molar-refractivity contribution in [1.29, 1.82) is 0 Å². The quantitative estimate of drug-likeness (QED) is 0.283. The van der Waals surface area contributed by atoms with Crippen molar-refractivity contribution < 1.29 is 0 Å². The molecule has 0 amide bonds. The zero-order valence-corrected chi connectivity index (χ0v) is 25.3. The molecule has 0 aromatic heterocycles. The Hall–Kier alpha value is 0.568. The Balaban J connectivity index is 4.01. The lowest BCUT2D eigenvalue weighted by Gasteiger charge is -2.54. The van der Waals surface area contributed by atoms with Gasteiger partial charge in [-0.15, -0.1) is 0 Å². The van der Waals surface area contributed by atoms with Crippen molar-refractivity contribution >= 4 is 50.6 Å². The molecule has 1 aromatic carbocycles. The van der Waals surface area contributed by atoms with Crippen molar-refractivity contribution in [3.63, 3.8) is 0 Å². The Kier molecular flexibility index (Phi) is 7.93. The summed E-state index contributed by atoms with van der Waals surface area (Å²) in [6.45, 7) is 27.1. The SMILES string of the molecule is C[Si](C)(C)N=P(Cl)(C(c1ccccc1)[Si](C)(C)C)N([Si](C)(C)C)[Si](C)(C)C. The molecule has 156 valence electrons. The normalized spacial score (nSPS) is 17.6. The highest BCUT2D eigenvalue weighted by molar-refractivity contribution is 7.94. The highest BCUT2D eigenvalue weighted by atomic mass is 35.7. The molecule has 2 unspecified atom stereocenters. The second-order valence-corrected chi connectivity index (χ2v) is 36.9. The summed E-state index contributed by atoms with van der Waals surface area (Å²) in [5.74, 6) is 0. The van der Waals surface area contributed by atoms with Gasteiger partial charge < -0.3 is 8.41 Å². The van der Waals surface area contributed by atoms with E-state index in [9.17, 15) is 0 Å². The molecule has 0 fully saturated rings.